The van der Waals surface area contributed by atoms with E-state index in [2.05, 4.69) is 6.58 Å². The van der Waals surface area contributed by atoms with Gasteiger partial charge in [-0.25, -0.2) is 0 Å². The fraction of sp³-hybridized carbons (Fsp3) is 0.818. The summed E-state index contributed by atoms with van der Waals surface area (Å²) in [6, 6.07) is 0. The van der Waals surface area contributed by atoms with Crippen LogP contribution in [0.15, 0.2) is 12.7 Å². The molecule has 1 aliphatic carbocycles. The summed E-state index contributed by atoms with van der Waals surface area (Å²) >= 11 is 0. The zero-order valence-electron chi connectivity index (χ0n) is 8.43. The van der Waals surface area contributed by atoms with Crippen LogP contribution in [-0.4, -0.2) is 18.8 Å². The second-order valence-electron chi connectivity index (χ2n) is 4.08. The first-order chi connectivity index (χ1) is 6.27. The van der Waals surface area contributed by atoms with Crippen LogP contribution in [0.1, 0.15) is 38.5 Å². The van der Waals surface area contributed by atoms with E-state index in [1.54, 1.807) is 6.08 Å². The summed E-state index contributed by atoms with van der Waals surface area (Å²) < 4.78 is 5.44. The lowest BCUT2D eigenvalue weighted by Crippen LogP contribution is -2.44. The Labute approximate surface area is 81.1 Å². The van der Waals surface area contributed by atoms with Crippen molar-refractivity contribution in [3.8, 4) is 0 Å². The third-order valence-electron chi connectivity index (χ3n) is 2.72. The second-order valence-corrected chi connectivity index (χ2v) is 4.08. The molecule has 0 radical (unpaired) electrons. The maximum Gasteiger partial charge on any atom is 0.0650 e. The van der Waals surface area contributed by atoms with E-state index < -0.39 is 0 Å². The molecule has 1 rings (SSSR count). The molecule has 1 aliphatic rings. The monoisotopic (exact) mass is 183 g/mol. The lowest BCUT2D eigenvalue weighted by atomic mass is 9.93. The van der Waals surface area contributed by atoms with Gasteiger partial charge in [0.15, 0.2) is 0 Å². The first kappa shape index (κ1) is 10.7. The van der Waals surface area contributed by atoms with Gasteiger partial charge in [-0.15, -0.1) is 6.58 Å². The predicted octanol–water partition coefficient (Wildman–Crippen LogP) is 2.24. The van der Waals surface area contributed by atoms with E-state index in [1.807, 2.05) is 0 Å². The Kier molecular flexibility index (Phi) is 4.46. The van der Waals surface area contributed by atoms with Gasteiger partial charge >= 0.3 is 0 Å². The minimum Gasteiger partial charge on any atom is -0.376 e. The highest BCUT2D eigenvalue weighted by atomic mass is 16.5. The molecule has 0 atom stereocenters. The summed E-state index contributed by atoms with van der Waals surface area (Å²) in [5, 5.41) is 0. The van der Waals surface area contributed by atoms with Gasteiger partial charge in [-0.3, -0.25) is 0 Å². The van der Waals surface area contributed by atoms with E-state index in [0.717, 1.165) is 12.8 Å². The Hall–Kier alpha value is -0.340. The van der Waals surface area contributed by atoms with Crippen LogP contribution in [0, 0.1) is 0 Å². The SMILES string of the molecule is C=CCOCC1(N)CCCCCC1. The zero-order chi connectivity index (χ0) is 9.57. The summed E-state index contributed by atoms with van der Waals surface area (Å²) in [5.41, 5.74) is 6.18. The molecule has 2 heteroatoms. The summed E-state index contributed by atoms with van der Waals surface area (Å²) in [6.07, 6.45) is 9.19. The lowest BCUT2D eigenvalue weighted by molar-refractivity contribution is 0.0976. The van der Waals surface area contributed by atoms with E-state index >= 15 is 0 Å². The molecule has 0 aliphatic heterocycles. The number of nitrogens with two attached hydrogens (primary N) is 1. The normalized spacial score (nSPS) is 22.2. The van der Waals surface area contributed by atoms with E-state index in [9.17, 15) is 0 Å². The fourth-order valence-electron chi connectivity index (χ4n) is 1.92. The molecule has 0 bridgehead atoms. The molecular formula is C11H21NO. The van der Waals surface area contributed by atoms with Crippen LogP contribution in [0.25, 0.3) is 0 Å². The summed E-state index contributed by atoms with van der Waals surface area (Å²) in [7, 11) is 0. The molecule has 76 valence electrons. The standard InChI is InChI=1S/C11H21NO/c1-2-9-13-10-11(12)7-5-3-4-6-8-11/h2H,1,3-10,12H2. The first-order valence-electron chi connectivity index (χ1n) is 5.24. The van der Waals surface area contributed by atoms with Crippen LogP contribution in [0.3, 0.4) is 0 Å². The Morgan fingerprint density at radius 3 is 2.38 bits per heavy atom. The number of ether oxygens (including phenoxy) is 1. The van der Waals surface area contributed by atoms with Crippen LogP contribution >= 0.6 is 0 Å². The van der Waals surface area contributed by atoms with Crippen molar-refractivity contribution in [2.75, 3.05) is 13.2 Å². The molecule has 0 spiro atoms. The van der Waals surface area contributed by atoms with E-state index in [-0.39, 0.29) is 5.54 Å². The quantitative estimate of drug-likeness (QED) is 0.412. The smallest absolute Gasteiger partial charge is 0.0650 e. The van der Waals surface area contributed by atoms with Crippen molar-refractivity contribution in [2.45, 2.75) is 44.1 Å². The highest BCUT2D eigenvalue weighted by Crippen LogP contribution is 2.24. The highest BCUT2D eigenvalue weighted by Gasteiger charge is 2.25. The van der Waals surface area contributed by atoms with E-state index in [4.69, 9.17) is 10.5 Å². The molecule has 2 nitrogen and oxygen atoms in total. The molecule has 0 aromatic carbocycles. The van der Waals surface area contributed by atoms with Gasteiger partial charge in [-0.1, -0.05) is 31.8 Å². The summed E-state index contributed by atoms with van der Waals surface area (Å²) in [4.78, 5) is 0. The average Bonchev–Trinajstić information content (AvgIpc) is 2.31. The number of rotatable bonds is 4. The second kappa shape index (κ2) is 5.40. The average molecular weight is 183 g/mol. The van der Waals surface area contributed by atoms with Gasteiger partial charge in [0.05, 0.1) is 13.2 Å². The topological polar surface area (TPSA) is 35.2 Å². The highest BCUT2D eigenvalue weighted by molar-refractivity contribution is 4.86. The zero-order valence-corrected chi connectivity index (χ0v) is 8.43. The largest absolute Gasteiger partial charge is 0.376 e. The van der Waals surface area contributed by atoms with Crippen molar-refractivity contribution >= 4 is 0 Å². The maximum atomic E-state index is 6.24. The van der Waals surface area contributed by atoms with E-state index in [1.165, 1.54) is 25.7 Å². The molecule has 0 heterocycles. The fourth-order valence-corrected chi connectivity index (χ4v) is 1.92. The molecule has 1 fully saturated rings. The van der Waals surface area contributed by atoms with Gasteiger partial charge < -0.3 is 10.5 Å². The molecule has 0 saturated heterocycles. The lowest BCUT2D eigenvalue weighted by Gasteiger charge is -2.27. The third-order valence-corrected chi connectivity index (χ3v) is 2.72. The minimum atomic E-state index is -0.0560. The molecule has 0 aromatic rings. The molecule has 0 aromatic heterocycles. The molecular weight excluding hydrogens is 162 g/mol. The number of hydrogen-bond acceptors (Lipinski definition) is 2. The van der Waals surface area contributed by atoms with Crippen molar-refractivity contribution in [1.29, 1.82) is 0 Å². The summed E-state index contributed by atoms with van der Waals surface area (Å²) in [5.74, 6) is 0. The number of hydrogen-bond donors (Lipinski definition) is 1. The Balaban J connectivity index is 2.28. The van der Waals surface area contributed by atoms with Crippen molar-refractivity contribution in [2.24, 2.45) is 5.73 Å². The third kappa shape index (κ3) is 3.92. The summed E-state index contributed by atoms with van der Waals surface area (Å²) in [6.45, 7) is 4.94. The Morgan fingerprint density at radius 1 is 1.23 bits per heavy atom. The van der Waals surface area contributed by atoms with Gasteiger partial charge in [0, 0.05) is 5.54 Å². The van der Waals surface area contributed by atoms with Crippen molar-refractivity contribution in [3.05, 3.63) is 12.7 Å². The van der Waals surface area contributed by atoms with Gasteiger partial charge in [0.2, 0.25) is 0 Å². The molecule has 13 heavy (non-hydrogen) atoms. The molecule has 1 saturated carbocycles. The van der Waals surface area contributed by atoms with Crippen molar-refractivity contribution in [3.63, 3.8) is 0 Å². The van der Waals surface area contributed by atoms with Crippen LogP contribution in [0.4, 0.5) is 0 Å². The van der Waals surface area contributed by atoms with Crippen LogP contribution in [0.5, 0.6) is 0 Å². The molecule has 0 unspecified atom stereocenters. The maximum absolute atomic E-state index is 6.24. The van der Waals surface area contributed by atoms with Crippen LogP contribution in [0.2, 0.25) is 0 Å². The first-order valence-corrected chi connectivity index (χ1v) is 5.24. The molecule has 0 amide bonds. The van der Waals surface area contributed by atoms with Crippen molar-refractivity contribution in [1.82, 2.24) is 0 Å². The van der Waals surface area contributed by atoms with Crippen LogP contribution < -0.4 is 5.73 Å². The van der Waals surface area contributed by atoms with Gasteiger partial charge in [-0.2, -0.15) is 0 Å². The molecule has 2 N–H and O–H groups in total. The van der Waals surface area contributed by atoms with Crippen molar-refractivity contribution < 1.29 is 4.74 Å². The van der Waals surface area contributed by atoms with Crippen LogP contribution in [-0.2, 0) is 4.74 Å². The van der Waals surface area contributed by atoms with Gasteiger partial charge in [-0.05, 0) is 12.8 Å². The Bertz CT molecular complexity index is 148. The predicted molar refractivity (Wildman–Crippen MR) is 55.6 cm³/mol. The minimum absolute atomic E-state index is 0.0560. The van der Waals surface area contributed by atoms with Gasteiger partial charge in [0.25, 0.3) is 0 Å². The van der Waals surface area contributed by atoms with E-state index in [0.29, 0.717) is 13.2 Å². The van der Waals surface area contributed by atoms with Gasteiger partial charge in [0.1, 0.15) is 0 Å². The Morgan fingerprint density at radius 2 is 1.85 bits per heavy atom.